The van der Waals surface area contributed by atoms with Crippen LogP contribution in [0.25, 0.3) is 0 Å². The number of Topliss-reactive ketones (excluding diaryl/α,β-unsaturated/α-hetero) is 2. The zero-order valence-electron chi connectivity index (χ0n) is 22.0. The lowest BCUT2D eigenvalue weighted by atomic mass is 9.68. The summed E-state index contributed by atoms with van der Waals surface area (Å²) in [6.45, 7) is -1.27. The van der Waals surface area contributed by atoms with Crippen LogP contribution >= 0.6 is 0 Å². The molecule has 3 aliphatic rings. The Bertz CT molecular complexity index is 1640. The van der Waals surface area contributed by atoms with Gasteiger partial charge >= 0.3 is 11.9 Å². The second-order valence-electron chi connectivity index (χ2n) is 10.6. The van der Waals surface area contributed by atoms with E-state index in [-0.39, 0.29) is 11.1 Å². The summed E-state index contributed by atoms with van der Waals surface area (Å²) < 4.78 is 0. The average Bonchev–Trinajstić information content (AvgIpc) is 3.49. The van der Waals surface area contributed by atoms with Crippen molar-refractivity contribution in [3.63, 3.8) is 0 Å². The number of carboxylic acids is 2. The Labute approximate surface area is 238 Å². The molecule has 11 nitrogen and oxygen atoms in total. The van der Waals surface area contributed by atoms with Crippen molar-refractivity contribution in [2.45, 2.75) is 22.4 Å². The number of aliphatic carboxylic acids is 2. The smallest absolute Gasteiger partial charge is 0.322 e. The molecule has 2 aliphatic carbocycles. The molecule has 0 bridgehead atoms. The Morgan fingerprint density at radius 1 is 0.714 bits per heavy atom. The summed E-state index contributed by atoms with van der Waals surface area (Å²) in [5.74, 6) is -6.83. The Morgan fingerprint density at radius 2 is 1.24 bits per heavy atom. The standard InChI is InChI=1S/C31H25N3O8/c35-21(32-16-22(36)37)15-33-27(40)24-29(17-9-3-1-4-10-17)23(28(41)42)30(29,18-11-5-2-6-12-18)31(34-24)25(38)19-13-7-8-14-20(19)26(31)39/h1-14,23-24,34H,15-16H2,(H,32,35)(H,33,40)(H,36,37)(H,41,42)/t23-,24-,29+,30+/m1/s1. The van der Waals surface area contributed by atoms with E-state index < -0.39 is 76.7 Å². The Hall–Kier alpha value is -5.16. The molecule has 2 amide bonds. The van der Waals surface area contributed by atoms with E-state index in [2.05, 4.69) is 16.0 Å². The zero-order chi connectivity index (χ0) is 29.9. The lowest BCUT2D eigenvalue weighted by Gasteiger charge is -2.34. The second-order valence-corrected chi connectivity index (χ2v) is 10.6. The van der Waals surface area contributed by atoms with Gasteiger partial charge in [0, 0.05) is 16.5 Å². The fourth-order valence-electron chi connectivity index (χ4n) is 7.49. The molecular formula is C31H25N3O8. The second kappa shape index (κ2) is 9.45. The van der Waals surface area contributed by atoms with Gasteiger partial charge in [-0.3, -0.25) is 34.1 Å². The summed E-state index contributed by atoms with van der Waals surface area (Å²) in [7, 11) is 0. The van der Waals surface area contributed by atoms with Crippen molar-refractivity contribution in [2.75, 3.05) is 13.1 Å². The molecule has 1 saturated carbocycles. The summed E-state index contributed by atoms with van der Waals surface area (Å²) >= 11 is 0. The van der Waals surface area contributed by atoms with E-state index in [1.54, 1.807) is 72.8 Å². The minimum absolute atomic E-state index is 0.123. The minimum Gasteiger partial charge on any atom is -0.481 e. The molecule has 1 heterocycles. The highest BCUT2D eigenvalue weighted by Gasteiger charge is 2.97. The van der Waals surface area contributed by atoms with E-state index in [9.17, 15) is 33.9 Å². The van der Waals surface area contributed by atoms with Gasteiger partial charge in [0.1, 0.15) is 6.54 Å². The maximum absolute atomic E-state index is 14.4. The number of amides is 2. The molecule has 1 spiro atoms. The number of nitrogens with one attached hydrogen (secondary N) is 3. The lowest BCUT2D eigenvalue weighted by molar-refractivity contribution is -0.140. The minimum atomic E-state index is -2.15. The van der Waals surface area contributed by atoms with Gasteiger partial charge in [0.15, 0.2) is 17.1 Å². The maximum Gasteiger partial charge on any atom is 0.322 e. The van der Waals surface area contributed by atoms with Crippen LogP contribution in [0.15, 0.2) is 84.9 Å². The summed E-state index contributed by atoms with van der Waals surface area (Å²) in [5, 5.41) is 27.3. The molecule has 212 valence electrons. The zero-order valence-corrected chi connectivity index (χ0v) is 22.0. The summed E-state index contributed by atoms with van der Waals surface area (Å²) in [4.78, 5) is 79.2. The summed E-state index contributed by atoms with van der Waals surface area (Å²) in [6, 6.07) is 21.6. The first kappa shape index (κ1) is 27.0. The van der Waals surface area contributed by atoms with Crippen molar-refractivity contribution in [1.82, 2.24) is 16.0 Å². The molecule has 42 heavy (non-hydrogen) atoms. The van der Waals surface area contributed by atoms with Crippen LogP contribution < -0.4 is 16.0 Å². The number of ketones is 2. The van der Waals surface area contributed by atoms with Gasteiger partial charge in [0.25, 0.3) is 0 Å². The Morgan fingerprint density at radius 3 is 1.76 bits per heavy atom. The Kier molecular flexibility index (Phi) is 6.08. The van der Waals surface area contributed by atoms with Crippen molar-refractivity contribution in [3.05, 3.63) is 107 Å². The number of benzene rings is 3. The molecule has 0 unspecified atom stereocenters. The molecule has 3 aromatic carbocycles. The maximum atomic E-state index is 14.4. The third-order valence-electron chi connectivity index (χ3n) is 8.81. The largest absolute Gasteiger partial charge is 0.481 e. The number of rotatable bonds is 8. The highest BCUT2D eigenvalue weighted by atomic mass is 16.4. The van der Waals surface area contributed by atoms with Crippen LogP contribution in [0, 0.1) is 5.92 Å². The van der Waals surface area contributed by atoms with E-state index in [0.29, 0.717) is 11.1 Å². The average molecular weight is 568 g/mol. The monoisotopic (exact) mass is 567 g/mol. The van der Waals surface area contributed by atoms with E-state index in [0.717, 1.165) is 0 Å². The first-order valence-corrected chi connectivity index (χ1v) is 13.2. The Balaban J connectivity index is 1.58. The van der Waals surface area contributed by atoms with E-state index in [1.165, 1.54) is 12.1 Å². The number of hydrogen-bond donors (Lipinski definition) is 5. The first-order chi connectivity index (χ1) is 20.2. The molecule has 0 radical (unpaired) electrons. The van der Waals surface area contributed by atoms with Gasteiger partial charge in [-0.25, -0.2) is 0 Å². The van der Waals surface area contributed by atoms with Crippen molar-refractivity contribution in [3.8, 4) is 0 Å². The van der Waals surface area contributed by atoms with Crippen LogP contribution in [-0.2, 0) is 30.0 Å². The SMILES string of the molecule is O=C(O)CNC(=O)CNC(=O)[C@H]1NC2(C(=O)c3ccccc3C2=O)[C@@]2(c3ccccc3)[C@H](C(=O)O)[C@@]12c1ccccc1. The molecule has 3 aromatic rings. The molecule has 0 aromatic heterocycles. The van der Waals surface area contributed by atoms with Crippen LogP contribution in [0.1, 0.15) is 31.8 Å². The normalized spacial score (nSPS) is 26.3. The van der Waals surface area contributed by atoms with Gasteiger partial charge in [-0.2, -0.15) is 0 Å². The van der Waals surface area contributed by atoms with Gasteiger partial charge in [-0.15, -0.1) is 0 Å². The molecule has 2 fully saturated rings. The number of hydrogen-bond acceptors (Lipinski definition) is 7. The van der Waals surface area contributed by atoms with E-state index in [4.69, 9.17) is 5.11 Å². The van der Waals surface area contributed by atoms with Gasteiger partial charge in [0.05, 0.1) is 23.9 Å². The fraction of sp³-hybridized carbons (Fsp3) is 0.226. The molecule has 5 N–H and O–H groups in total. The number of carbonyl (C=O) groups is 6. The number of carbonyl (C=O) groups excluding carboxylic acids is 4. The highest BCUT2D eigenvalue weighted by Crippen LogP contribution is 2.80. The van der Waals surface area contributed by atoms with Crippen LogP contribution in [0.2, 0.25) is 0 Å². The van der Waals surface area contributed by atoms with Crippen LogP contribution in [0.3, 0.4) is 0 Å². The van der Waals surface area contributed by atoms with E-state index >= 15 is 0 Å². The molecule has 1 aliphatic heterocycles. The molecule has 6 rings (SSSR count). The third kappa shape index (κ3) is 3.25. The predicted octanol–water partition coefficient (Wildman–Crippen LogP) is 0.684. The summed E-state index contributed by atoms with van der Waals surface area (Å²) in [5.41, 5.74) is -4.43. The van der Waals surface area contributed by atoms with Crippen molar-refractivity contribution in [1.29, 1.82) is 0 Å². The van der Waals surface area contributed by atoms with E-state index in [1.807, 2.05) is 0 Å². The highest BCUT2D eigenvalue weighted by molar-refractivity contribution is 6.36. The van der Waals surface area contributed by atoms with Crippen LogP contribution in [0.4, 0.5) is 0 Å². The predicted molar refractivity (Wildman–Crippen MR) is 146 cm³/mol. The number of fused-ring (bicyclic) bond motifs is 3. The number of carboxylic acid groups (broad SMARTS) is 2. The molecule has 11 heteroatoms. The lowest BCUT2D eigenvalue weighted by Crippen LogP contribution is -2.64. The van der Waals surface area contributed by atoms with Crippen LogP contribution in [-0.4, -0.2) is 70.2 Å². The van der Waals surface area contributed by atoms with Crippen molar-refractivity contribution >= 4 is 35.3 Å². The van der Waals surface area contributed by atoms with Gasteiger partial charge in [0.2, 0.25) is 11.8 Å². The third-order valence-corrected chi connectivity index (χ3v) is 8.81. The first-order valence-electron chi connectivity index (χ1n) is 13.2. The molecular weight excluding hydrogens is 542 g/mol. The fourth-order valence-corrected chi connectivity index (χ4v) is 7.49. The van der Waals surface area contributed by atoms with Crippen LogP contribution in [0.5, 0.6) is 0 Å². The molecule has 4 atom stereocenters. The van der Waals surface area contributed by atoms with Crippen molar-refractivity contribution < 1.29 is 39.0 Å². The number of piperidine rings is 1. The van der Waals surface area contributed by atoms with Gasteiger partial charge in [-0.05, 0) is 11.1 Å². The van der Waals surface area contributed by atoms with Gasteiger partial charge in [-0.1, -0.05) is 84.9 Å². The molecule has 1 saturated heterocycles. The van der Waals surface area contributed by atoms with Gasteiger partial charge < -0.3 is 20.8 Å². The quantitative estimate of drug-likeness (QED) is 0.245. The topological polar surface area (TPSA) is 179 Å². The summed E-state index contributed by atoms with van der Waals surface area (Å²) in [6.07, 6.45) is 0. The van der Waals surface area contributed by atoms with Crippen molar-refractivity contribution in [2.24, 2.45) is 5.92 Å².